The number of nitrogens with two attached hydrogens (primary N) is 1. The number of ether oxygens (including phenoxy) is 1. The van der Waals surface area contributed by atoms with Crippen molar-refractivity contribution in [1.29, 1.82) is 0 Å². The Balaban J connectivity index is 2.12. The van der Waals surface area contributed by atoms with E-state index in [0.717, 1.165) is 11.1 Å². The van der Waals surface area contributed by atoms with E-state index in [1.54, 1.807) is 6.07 Å². The van der Waals surface area contributed by atoms with E-state index in [1.807, 2.05) is 31.2 Å². The molecule has 0 heterocycles. The van der Waals surface area contributed by atoms with Crippen LogP contribution in [-0.2, 0) is 13.0 Å². The molecule has 0 saturated heterocycles. The monoisotopic (exact) mass is 293 g/mol. The number of halogens is 2. The second-order valence-electron chi connectivity index (χ2n) is 4.85. The summed E-state index contributed by atoms with van der Waals surface area (Å²) in [4.78, 5) is 0. The van der Waals surface area contributed by atoms with Crippen molar-refractivity contribution >= 4 is 11.6 Å². The molecule has 2 aromatic rings. The molecule has 0 spiro atoms. The maximum absolute atomic E-state index is 13.3. The summed E-state index contributed by atoms with van der Waals surface area (Å²) in [5.41, 5.74) is 7.52. The fraction of sp³-hybridized carbons (Fsp3) is 0.250. The predicted molar refractivity (Wildman–Crippen MR) is 79.5 cm³/mol. The summed E-state index contributed by atoms with van der Waals surface area (Å²) < 4.78 is 19.1. The largest absolute Gasteiger partial charge is 0.489 e. The molecule has 0 saturated carbocycles. The third-order valence-electron chi connectivity index (χ3n) is 2.85. The quantitative estimate of drug-likeness (QED) is 0.906. The Kier molecular flexibility index (Phi) is 4.99. The van der Waals surface area contributed by atoms with Gasteiger partial charge in [-0.2, -0.15) is 0 Å². The molecule has 1 atom stereocenters. The van der Waals surface area contributed by atoms with Gasteiger partial charge >= 0.3 is 0 Å². The predicted octanol–water partition coefficient (Wildman–Crippen LogP) is 3.95. The van der Waals surface area contributed by atoms with E-state index in [-0.39, 0.29) is 11.9 Å². The zero-order chi connectivity index (χ0) is 14.5. The van der Waals surface area contributed by atoms with Crippen LogP contribution < -0.4 is 10.5 Å². The van der Waals surface area contributed by atoms with Crippen LogP contribution in [0.4, 0.5) is 4.39 Å². The van der Waals surface area contributed by atoms with Crippen LogP contribution in [0, 0.1) is 5.82 Å². The van der Waals surface area contributed by atoms with E-state index in [1.165, 1.54) is 12.1 Å². The molecule has 4 heteroatoms. The van der Waals surface area contributed by atoms with Crippen molar-refractivity contribution in [3.05, 3.63) is 64.4 Å². The third kappa shape index (κ3) is 4.22. The Bertz CT molecular complexity index is 586. The fourth-order valence-electron chi connectivity index (χ4n) is 1.98. The second kappa shape index (κ2) is 6.73. The van der Waals surface area contributed by atoms with E-state index in [2.05, 4.69) is 0 Å². The summed E-state index contributed by atoms with van der Waals surface area (Å²) in [5.74, 6) is 0.374. The molecule has 0 fully saturated rings. The van der Waals surface area contributed by atoms with E-state index in [9.17, 15) is 4.39 Å². The van der Waals surface area contributed by atoms with Gasteiger partial charge in [0.15, 0.2) is 0 Å². The molecule has 20 heavy (non-hydrogen) atoms. The van der Waals surface area contributed by atoms with E-state index < -0.39 is 0 Å². The molecule has 0 bridgehead atoms. The van der Waals surface area contributed by atoms with Crippen LogP contribution in [0.3, 0.4) is 0 Å². The molecule has 0 aromatic heterocycles. The Morgan fingerprint density at radius 2 is 2.05 bits per heavy atom. The van der Waals surface area contributed by atoms with Crippen LogP contribution in [0.15, 0.2) is 42.5 Å². The van der Waals surface area contributed by atoms with Gasteiger partial charge in [0, 0.05) is 11.1 Å². The summed E-state index contributed by atoms with van der Waals surface area (Å²) in [6.45, 7) is 2.27. The Morgan fingerprint density at radius 3 is 2.75 bits per heavy atom. The maximum atomic E-state index is 13.3. The van der Waals surface area contributed by atoms with E-state index in [4.69, 9.17) is 22.1 Å². The molecule has 106 valence electrons. The lowest BCUT2D eigenvalue weighted by Gasteiger charge is -2.13. The van der Waals surface area contributed by atoms with Crippen LogP contribution in [0.1, 0.15) is 18.1 Å². The Hall–Kier alpha value is -1.58. The van der Waals surface area contributed by atoms with Gasteiger partial charge in [-0.3, -0.25) is 0 Å². The lowest BCUT2D eigenvalue weighted by atomic mass is 10.1. The number of hydrogen-bond acceptors (Lipinski definition) is 2. The maximum Gasteiger partial charge on any atom is 0.123 e. The van der Waals surface area contributed by atoms with Crippen molar-refractivity contribution in [2.45, 2.75) is 26.0 Å². The molecular weight excluding hydrogens is 277 g/mol. The summed E-state index contributed by atoms with van der Waals surface area (Å²) in [6.07, 6.45) is 0.572. The third-order valence-corrected chi connectivity index (χ3v) is 3.08. The van der Waals surface area contributed by atoms with Crippen molar-refractivity contribution < 1.29 is 9.13 Å². The molecule has 0 aliphatic heterocycles. The molecule has 2 rings (SSSR count). The first-order valence-corrected chi connectivity index (χ1v) is 6.83. The highest BCUT2D eigenvalue weighted by Gasteiger charge is 2.08. The Morgan fingerprint density at radius 1 is 1.25 bits per heavy atom. The van der Waals surface area contributed by atoms with E-state index >= 15 is 0 Å². The van der Waals surface area contributed by atoms with Gasteiger partial charge in [-0.05, 0) is 54.8 Å². The van der Waals surface area contributed by atoms with Crippen LogP contribution in [0.25, 0.3) is 0 Å². The minimum absolute atomic E-state index is 0.0506. The van der Waals surface area contributed by atoms with Crippen molar-refractivity contribution in [3.63, 3.8) is 0 Å². The number of benzene rings is 2. The summed E-state index contributed by atoms with van der Waals surface area (Å²) in [7, 11) is 0. The molecule has 1 unspecified atom stereocenters. The standard InChI is InChI=1S/C16H17ClFNO/c1-11(19)7-13-9-15(18)5-6-16(13)20-10-12-3-2-4-14(17)8-12/h2-6,8-9,11H,7,10,19H2,1H3. The topological polar surface area (TPSA) is 35.2 Å². The van der Waals surface area contributed by atoms with Gasteiger partial charge in [-0.1, -0.05) is 23.7 Å². The normalized spacial score (nSPS) is 12.2. The smallest absolute Gasteiger partial charge is 0.123 e. The van der Waals surface area contributed by atoms with Gasteiger partial charge in [-0.15, -0.1) is 0 Å². The van der Waals surface area contributed by atoms with E-state index in [0.29, 0.717) is 23.8 Å². The van der Waals surface area contributed by atoms with Gasteiger partial charge < -0.3 is 10.5 Å². The first-order valence-electron chi connectivity index (χ1n) is 6.46. The van der Waals surface area contributed by atoms with Crippen molar-refractivity contribution in [3.8, 4) is 5.75 Å². The Labute approximate surface area is 123 Å². The number of hydrogen-bond donors (Lipinski definition) is 1. The van der Waals surface area contributed by atoms with Gasteiger partial charge in [0.05, 0.1) is 0 Å². The lowest BCUT2D eigenvalue weighted by molar-refractivity contribution is 0.302. The summed E-state index contributed by atoms with van der Waals surface area (Å²) >= 11 is 5.93. The SMILES string of the molecule is CC(N)Cc1cc(F)ccc1OCc1cccc(Cl)c1. The average Bonchev–Trinajstić information content (AvgIpc) is 2.37. The highest BCUT2D eigenvalue weighted by Crippen LogP contribution is 2.22. The highest BCUT2D eigenvalue weighted by atomic mass is 35.5. The zero-order valence-corrected chi connectivity index (χ0v) is 12.0. The van der Waals surface area contributed by atoms with Gasteiger partial charge in [0.2, 0.25) is 0 Å². The van der Waals surface area contributed by atoms with Crippen LogP contribution >= 0.6 is 11.6 Å². The van der Waals surface area contributed by atoms with Gasteiger partial charge in [-0.25, -0.2) is 4.39 Å². The minimum atomic E-state index is -0.282. The average molecular weight is 294 g/mol. The van der Waals surface area contributed by atoms with Crippen LogP contribution in [-0.4, -0.2) is 6.04 Å². The molecule has 0 radical (unpaired) electrons. The summed E-state index contributed by atoms with van der Waals surface area (Å²) in [6, 6.07) is 11.9. The van der Waals surface area contributed by atoms with Gasteiger partial charge in [0.1, 0.15) is 18.2 Å². The van der Waals surface area contributed by atoms with Crippen molar-refractivity contribution in [2.75, 3.05) is 0 Å². The summed E-state index contributed by atoms with van der Waals surface area (Å²) in [5, 5.41) is 0.668. The minimum Gasteiger partial charge on any atom is -0.489 e. The van der Waals surface area contributed by atoms with Crippen molar-refractivity contribution in [1.82, 2.24) is 0 Å². The van der Waals surface area contributed by atoms with Crippen LogP contribution in [0.2, 0.25) is 5.02 Å². The first-order chi connectivity index (χ1) is 9.54. The molecule has 2 aromatic carbocycles. The van der Waals surface area contributed by atoms with Crippen LogP contribution in [0.5, 0.6) is 5.75 Å². The fourth-order valence-corrected chi connectivity index (χ4v) is 2.20. The highest BCUT2D eigenvalue weighted by molar-refractivity contribution is 6.30. The second-order valence-corrected chi connectivity index (χ2v) is 5.29. The van der Waals surface area contributed by atoms with Crippen molar-refractivity contribution in [2.24, 2.45) is 5.73 Å². The zero-order valence-electron chi connectivity index (χ0n) is 11.3. The molecule has 0 aliphatic rings. The molecule has 0 aliphatic carbocycles. The molecule has 0 amide bonds. The molecule has 2 N–H and O–H groups in total. The molecule has 2 nitrogen and oxygen atoms in total. The first kappa shape index (κ1) is 14.8. The van der Waals surface area contributed by atoms with Gasteiger partial charge in [0.25, 0.3) is 0 Å². The lowest BCUT2D eigenvalue weighted by Crippen LogP contribution is -2.18. The number of rotatable bonds is 5. The molecular formula is C16H17ClFNO.